The second-order valence-electron chi connectivity index (χ2n) is 14.8. The number of rotatable bonds is 17. The number of benzene rings is 1. The van der Waals surface area contributed by atoms with Gasteiger partial charge in [0.05, 0.1) is 19.3 Å². The molecule has 1 aromatic carbocycles. The van der Waals surface area contributed by atoms with Gasteiger partial charge in [-0.3, -0.25) is 29.0 Å². The smallest absolute Gasteiger partial charge is 0.303 e. The van der Waals surface area contributed by atoms with Gasteiger partial charge in [-0.05, 0) is 50.3 Å². The zero-order valence-electron chi connectivity index (χ0n) is 32.1. The molecule has 1 aromatic heterocycles. The average Bonchev–Trinajstić information content (AvgIpc) is 3.63. The number of carbonyl (C=O) groups is 4. The van der Waals surface area contributed by atoms with Gasteiger partial charge in [0.1, 0.15) is 16.7 Å². The maximum absolute atomic E-state index is 14.2. The van der Waals surface area contributed by atoms with Crippen molar-refractivity contribution in [3.05, 3.63) is 52.0 Å². The summed E-state index contributed by atoms with van der Waals surface area (Å²) in [5, 5.41) is 8.51. The Kier molecular flexibility index (Phi) is 16.0. The molecule has 2 aliphatic heterocycles. The van der Waals surface area contributed by atoms with Crippen molar-refractivity contribution in [2.24, 2.45) is 11.8 Å². The van der Waals surface area contributed by atoms with Crippen LogP contribution < -0.4 is 10.6 Å². The van der Waals surface area contributed by atoms with E-state index in [1.165, 1.54) is 18.3 Å². The van der Waals surface area contributed by atoms with Crippen LogP contribution in [0.2, 0.25) is 0 Å². The topological polar surface area (TPSA) is 133 Å². The highest BCUT2D eigenvalue weighted by atomic mass is 32.1. The molecular weight excluding hydrogens is 681 g/mol. The van der Waals surface area contributed by atoms with E-state index in [2.05, 4.69) is 32.6 Å². The normalized spacial score (nSPS) is 20.0. The number of likely N-dealkylation sites (tertiary alicyclic amines) is 1. The lowest BCUT2D eigenvalue weighted by Gasteiger charge is -2.38. The number of piperidine rings is 1. The third-order valence-corrected chi connectivity index (χ3v) is 11.4. The van der Waals surface area contributed by atoms with Crippen molar-refractivity contribution in [2.45, 2.75) is 103 Å². The second kappa shape index (κ2) is 20.2. The summed E-state index contributed by atoms with van der Waals surface area (Å²) in [7, 11) is 3.72. The second-order valence-corrected chi connectivity index (χ2v) is 15.7. The highest BCUT2D eigenvalue weighted by Crippen LogP contribution is 2.31. The summed E-state index contributed by atoms with van der Waals surface area (Å²) in [6, 6.07) is 8.65. The van der Waals surface area contributed by atoms with Crippen molar-refractivity contribution in [1.29, 1.82) is 0 Å². The molecule has 13 heteroatoms. The molecule has 5 unspecified atom stereocenters. The minimum absolute atomic E-state index is 0.00793. The Morgan fingerprint density at radius 3 is 2.40 bits per heavy atom. The summed E-state index contributed by atoms with van der Waals surface area (Å²) in [6.45, 7) is 13.9. The first-order valence-electron chi connectivity index (χ1n) is 18.9. The molecule has 6 atom stereocenters. The SMILES string of the molecule is CCC(C)C(NC(=O)[C@H]1CCCCN1C)C(=O)N(C)C(CC(OC(C)=O)c1nc(C(=O)NC(Cc2ccccc2)CN2CCOCC2)cs1)C(C)C. The number of nitrogens with one attached hydrogen (secondary N) is 2. The van der Waals surface area contributed by atoms with Crippen LogP contribution in [0.5, 0.6) is 0 Å². The Morgan fingerprint density at radius 2 is 1.77 bits per heavy atom. The lowest BCUT2D eigenvalue weighted by molar-refractivity contribution is -0.149. The number of morpholine rings is 1. The molecule has 2 aromatic rings. The molecule has 2 aliphatic rings. The lowest BCUT2D eigenvalue weighted by atomic mass is 9.92. The number of likely N-dealkylation sites (N-methyl/N-ethyl adjacent to an activating group) is 2. The van der Waals surface area contributed by atoms with E-state index in [0.717, 1.165) is 50.9 Å². The van der Waals surface area contributed by atoms with Crippen LogP contribution in [-0.4, -0.2) is 121 Å². The Labute approximate surface area is 314 Å². The van der Waals surface area contributed by atoms with Crippen LogP contribution >= 0.6 is 11.3 Å². The zero-order valence-corrected chi connectivity index (χ0v) is 33.0. The molecule has 0 saturated carbocycles. The van der Waals surface area contributed by atoms with E-state index in [4.69, 9.17) is 14.5 Å². The summed E-state index contributed by atoms with van der Waals surface area (Å²) < 4.78 is 11.4. The Bertz CT molecular complexity index is 1450. The summed E-state index contributed by atoms with van der Waals surface area (Å²) >= 11 is 1.27. The molecule has 0 spiro atoms. The maximum atomic E-state index is 14.2. The molecule has 0 bridgehead atoms. The Morgan fingerprint density at radius 1 is 1.06 bits per heavy atom. The molecule has 0 aliphatic carbocycles. The van der Waals surface area contributed by atoms with Gasteiger partial charge in [0.15, 0.2) is 6.10 Å². The van der Waals surface area contributed by atoms with E-state index < -0.39 is 18.1 Å². The molecule has 3 heterocycles. The number of esters is 1. The third kappa shape index (κ3) is 11.8. The quantitative estimate of drug-likeness (QED) is 0.228. The molecule has 2 saturated heterocycles. The third-order valence-electron chi connectivity index (χ3n) is 10.5. The standard InChI is InChI=1S/C39H60N6O6S/c1-8-27(4)35(42-37(48)32-16-12-13-17-43(32)6)39(49)44(7)33(26(2)3)23-34(51-28(5)46)38-41-31(25-52-38)36(47)40-30(22-29-14-10-9-11-15-29)24-45-18-20-50-21-19-45/h9-11,14-15,25-27,30,32-35H,8,12-13,16-24H2,1-7H3,(H,40,47)(H,42,48)/t27?,30?,32-,33?,34?,35?/m1/s1. The number of nitrogens with zero attached hydrogens (tertiary/aromatic N) is 4. The first-order chi connectivity index (χ1) is 24.9. The van der Waals surface area contributed by atoms with Gasteiger partial charge in [-0.1, -0.05) is 70.9 Å². The molecule has 288 valence electrons. The first-order valence-corrected chi connectivity index (χ1v) is 19.8. The molecule has 4 rings (SSSR count). The number of thiazole rings is 1. The lowest BCUT2D eigenvalue weighted by Crippen LogP contribution is -2.58. The molecule has 2 N–H and O–H groups in total. The molecular formula is C39H60N6O6S. The van der Waals surface area contributed by atoms with Crippen LogP contribution in [0.25, 0.3) is 0 Å². The molecule has 52 heavy (non-hydrogen) atoms. The van der Waals surface area contributed by atoms with Gasteiger partial charge in [0.25, 0.3) is 5.91 Å². The fourth-order valence-electron chi connectivity index (χ4n) is 7.17. The minimum Gasteiger partial charge on any atom is -0.455 e. The van der Waals surface area contributed by atoms with E-state index >= 15 is 0 Å². The Balaban J connectivity index is 1.49. The number of ether oxygens (including phenoxy) is 2. The van der Waals surface area contributed by atoms with Gasteiger partial charge >= 0.3 is 5.97 Å². The molecule has 3 amide bonds. The van der Waals surface area contributed by atoms with Crippen molar-refractivity contribution < 1.29 is 28.7 Å². The predicted molar refractivity (Wildman–Crippen MR) is 203 cm³/mol. The van der Waals surface area contributed by atoms with Crippen LogP contribution in [0.4, 0.5) is 0 Å². The maximum Gasteiger partial charge on any atom is 0.303 e. The van der Waals surface area contributed by atoms with Gasteiger partial charge in [0, 0.05) is 57.5 Å². The number of hydrogen-bond donors (Lipinski definition) is 2. The van der Waals surface area contributed by atoms with Crippen molar-refractivity contribution in [2.75, 3.05) is 53.5 Å². The fraction of sp³-hybridized carbons (Fsp3) is 0.667. The molecule has 2 fully saturated rings. The number of aromatic nitrogens is 1. The average molecular weight is 741 g/mol. The van der Waals surface area contributed by atoms with Crippen molar-refractivity contribution in [3.63, 3.8) is 0 Å². The highest BCUT2D eigenvalue weighted by molar-refractivity contribution is 7.09. The van der Waals surface area contributed by atoms with Crippen LogP contribution in [0.3, 0.4) is 0 Å². The first kappa shape index (κ1) is 41.4. The fourth-order valence-corrected chi connectivity index (χ4v) is 8.01. The largest absolute Gasteiger partial charge is 0.455 e. The van der Waals surface area contributed by atoms with Crippen molar-refractivity contribution >= 4 is 35.0 Å². The van der Waals surface area contributed by atoms with E-state index in [0.29, 0.717) is 31.2 Å². The van der Waals surface area contributed by atoms with Crippen molar-refractivity contribution in [3.8, 4) is 0 Å². The summed E-state index contributed by atoms with van der Waals surface area (Å²) in [6.07, 6.45) is 3.72. The van der Waals surface area contributed by atoms with E-state index in [1.54, 1.807) is 17.3 Å². The molecule has 12 nitrogen and oxygen atoms in total. The van der Waals surface area contributed by atoms with Crippen LogP contribution in [0, 0.1) is 11.8 Å². The van der Waals surface area contributed by atoms with Crippen LogP contribution in [0.1, 0.15) is 93.9 Å². The van der Waals surface area contributed by atoms with Crippen LogP contribution in [0.15, 0.2) is 35.7 Å². The van der Waals surface area contributed by atoms with E-state index in [9.17, 15) is 19.2 Å². The molecule has 0 radical (unpaired) electrons. The van der Waals surface area contributed by atoms with E-state index in [-0.39, 0.29) is 59.8 Å². The summed E-state index contributed by atoms with van der Waals surface area (Å²) in [5.74, 6) is -1.15. The zero-order chi connectivity index (χ0) is 37.8. The highest BCUT2D eigenvalue weighted by Gasteiger charge is 2.37. The van der Waals surface area contributed by atoms with Gasteiger partial charge in [-0.2, -0.15) is 0 Å². The number of hydrogen-bond acceptors (Lipinski definition) is 10. The van der Waals surface area contributed by atoms with Gasteiger partial charge in [-0.25, -0.2) is 4.98 Å². The van der Waals surface area contributed by atoms with Gasteiger partial charge in [-0.15, -0.1) is 11.3 Å². The number of amides is 3. The van der Waals surface area contributed by atoms with Crippen molar-refractivity contribution in [1.82, 2.24) is 30.3 Å². The van der Waals surface area contributed by atoms with E-state index in [1.807, 2.05) is 52.9 Å². The predicted octanol–water partition coefficient (Wildman–Crippen LogP) is 4.31. The summed E-state index contributed by atoms with van der Waals surface area (Å²) in [5.41, 5.74) is 1.39. The van der Waals surface area contributed by atoms with Gasteiger partial charge in [0.2, 0.25) is 11.8 Å². The monoisotopic (exact) mass is 740 g/mol. The van der Waals surface area contributed by atoms with Gasteiger partial charge < -0.3 is 25.0 Å². The number of carbonyl (C=O) groups excluding carboxylic acids is 4. The van der Waals surface area contributed by atoms with Crippen LogP contribution in [-0.2, 0) is 30.3 Å². The Hall–Kier alpha value is -3.39. The minimum atomic E-state index is -0.771. The summed E-state index contributed by atoms with van der Waals surface area (Å²) in [4.78, 5) is 64.5.